The maximum absolute atomic E-state index is 13.0. The first-order valence-corrected chi connectivity index (χ1v) is 9.37. The highest BCUT2D eigenvalue weighted by Crippen LogP contribution is 2.41. The number of Topliss-reactive ketones (excluding diaryl/α,β-unsaturated/α-hetero) is 1. The predicted molar refractivity (Wildman–Crippen MR) is 94.6 cm³/mol. The van der Waals surface area contributed by atoms with E-state index in [0.29, 0.717) is 17.9 Å². The number of nitrogens with zero attached hydrogens (tertiary/aromatic N) is 1. The molecule has 22 heavy (non-hydrogen) atoms. The van der Waals surface area contributed by atoms with Crippen molar-refractivity contribution in [3.05, 3.63) is 26.6 Å². The van der Waals surface area contributed by atoms with Gasteiger partial charge in [0.2, 0.25) is 0 Å². The average molecular weight is 431 g/mol. The minimum atomic E-state index is -0.464. The van der Waals surface area contributed by atoms with Crippen LogP contribution in [0, 0.1) is 11.3 Å². The molecular formula is C17H21Br2NO2. The van der Waals surface area contributed by atoms with Crippen LogP contribution in [0.1, 0.15) is 37.0 Å². The number of likely N-dealkylation sites (tertiary alicyclic amines) is 1. The second kappa shape index (κ2) is 6.25. The van der Waals surface area contributed by atoms with Gasteiger partial charge in [0.1, 0.15) is 12.4 Å². The highest BCUT2D eigenvalue weighted by atomic mass is 79.9. The third-order valence-electron chi connectivity index (χ3n) is 4.79. The van der Waals surface area contributed by atoms with Crippen molar-refractivity contribution < 1.29 is 9.53 Å². The SMILES string of the molecule is CC1CCN(CC2(C)COc3c(Br)cc(Br)cc3C2=O)CC1. The lowest BCUT2D eigenvalue weighted by Crippen LogP contribution is -2.49. The van der Waals surface area contributed by atoms with Crippen LogP contribution in [0.3, 0.4) is 0 Å². The number of ether oxygens (including phenoxy) is 1. The van der Waals surface area contributed by atoms with Crippen LogP contribution >= 0.6 is 31.9 Å². The minimum absolute atomic E-state index is 0.189. The van der Waals surface area contributed by atoms with Gasteiger partial charge in [0, 0.05) is 11.0 Å². The van der Waals surface area contributed by atoms with E-state index in [1.165, 1.54) is 12.8 Å². The molecule has 1 saturated heterocycles. The molecule has 0 spiro atoms. The second-order valence-electron chi connectivity index (χ2n) is 6.90. The summed E-state index contributed by atoms with van der Waals surface area (Å²) in [5.41, 5.74) is 0.216. The first kappa shape index (κ1) is 16.5. The van der Waals surface area contributed by atoms with Gasteiger partial charge in [0.25, 0.3) is 0 Å². The summed E-state index contributed by atoms with van der Waals surface area (Å²) in [7, 11) is 0. The molecule has 1 unspecified atom stereocenters. The van der Waals surface area contributed by atoms with Crippen molar-refractivity contribution in [1.82, 2.24) is 4.90 Å². The largest absolute Gasteiger partial charge is 0.491 e. The topological polar surface area (TPSA) is 29.5 Å². The van der Waals surface area contributed by atoms with Gasteiger partial charge in [0.05, 0.1) is 15.5 Å². The molecule has 3 rings (SSSR count). The summed E-state index contributed by atoms with van der Waals surface area (Å²) in [6.07, 6.45) is 2.44. The Bertz CT molecular complexity index is 597. The Morgan fingerprint density at radius 2 is 2.00 bits per heavy atom. The molecule has 0 N–H and O–H groups in total. The summed E-state index contributed by atoms with van der Waals surface area (Å²) in [6.45, 7) is 7.73. The molecule has 0 saturated carbocycles. The predicted octanol–water partition coefficient (Wildman–Crippen LogP) is 4.52. The van der Waals surface area contributed by atoms with Crippen molar-refractivity contribution in [2.75, 3.05) is 26.2 Å². The lowest BCUT2D eigenvalue weighted by Gasteiger charge is -2.40. The van der Waals surface area contributed by atoms with Crippen LogP contribution in [0.5, 0.6) is 5.75 Å². The number of fused-ring (bicyclic) bond motifs is 1. The van der Waals surface area contributed by atoms with Crippen molar-refractivity contribution >= 4 is 37.6 Å². The number of benzene rings is 1. The monoisotopic (exact) mass is 429 g/mol. The lowest BCUT2D eigenvalue weighted by atomic mass is 9.80. The molecule has 2 aliphatic rings. The molecule has 0 aromatic heterocycles. The van der Waals surface area contributed by atoms with Gasteiger partial charge in [-0.25, -0.2) is 0 Å². The first-order chi connectivity index (χ1) is 10.4. The van der Waals surface area contributed by atoms with E-state index in [1.807, 2.05) is 19.1 Å². The maximum atomic E-state index is 13.0. The average Bonchev–Trinajstić information content (AvgIpc) is 2.46. The van der Waals surface area contributed by atoms with Crippen LogP contribution in [-0.4, -0.2) is 36.9 Å². The van der Waals surface area contributed by atoms with Crippen LogP contribution in [0.4, 0.5) is 0 Å². The van der Waals surface area contributed by atoms with Crippen LogP contribution in [-0.2, 0) is 0 Å². The Morgan fingerprint density at radius 3 is 2.68 bits per heavy atom. The first-order valence-electron chi connectivity index (χ1n) is 7.78. The van der Waals surface area contributed by atoms with E-state index in [4.69, 9.17) is 4.74 Å². The number of piperidine rings is 1. The summed E-state index contributed by atoms with van der Waals surface area (Å²) < 4.78 is 7.67. The zero-order chi connectivity index (χ0) is 15.9. The normalized spacial score (nSPS) is 26.6. The zero-order valence-electron chi connectivity index (χ0n) is 13.0. The van der Waals surface area contributed by atoms with Crippen LogP contribution in [0.15, 0.2) is 21.1 Å². The van der Waals surface area contributed by atoms with E-state index in [-0.39, 0.29) is 5.78 Å². The smallest absolute Gasteiger partial charge is 0.177 e. The molecule has 1 atom stereocenters. The number of halogens is 2. The van der Waals surface area contributed by atoms with E-state index in [1.54, 1.807) is 0 Å². The Morgan fingerprint density at radius 1 is 1.32 bits per heavy atom. The highest BCUT2D eigenvalue weighted by Gasteiger charge is 2.42. The summed E-state index contributed by atoms with van der Waals surface area (Å²) in [6, 6.07) is 3.79. The molecule has 0 bridgehead atoms. The Hall–Kier alpha value is -0.390. The third-order valence-corrected chi connectivity index (χ3v) is 5.83. The fraction of sp³-hybridized carbons (Fsp3) is 0.588. The molecule has 0 amide bonds. The molecular weight excluding hydrogens is 410 g/mol. The Labute approximate surface area is 148 Å². The molecule has 2 aliphatic heterocycles. The van der Waals surface area contributed by atoms with Gasteiger partial charge < -0.3 is 9.64 Å². The molecule has 1 aromatic carbocycles. The summed E-state index contributed by atoms with van der Waals surface area (Å²) in [5, 5.41) is 0. The molecule has 3 nitrogen and oxygen atoms in total. The fourth-order valence-electron chi connectivity index (χ4n) is 3.33. The molecule has 5 heteroatoms. The summed E-state index contributed by atoms with van der Waals surface area (Å²) in [4.78, 5) is 15.4. The maximum Gasteiger partial charge on any atom is 0.177 e. The summed E-state index contributed by atoms with van der Waals surface area (Å²) in [5.74, 6) is 1.67. The minimum Gasteiger partial charge on any atom is -0.491 e. The molecule has 1 aromatic rings. The summed E-state index contributed by atoms with van der Waals surface area (Å²) >= 11 is 6.95. The van der Waals surface area contributed by atoms with Crippen molar-refractivity contribution in [1.29, 1.82) is 0 Å². The zero-order valence-corrected chi connectivity index (χ0v) is 16.2. The molecule has 0 aliphatic carbocycles. The van der Waals surface area contributed by atoms with Gasteiger partial charge >= 0.3 is 0 Å². The Balaban J connectivity index is 1.82. The number of rotatable bonds is 2. The van der Waals surface area contributed by atoms with E-state index >= 15 is 0 Å². The lowest BCUT2D eigenvalue weighted by molar-refractivity contribution is 0.0469. The van der Waals surface area contributed by atoms with Gasteiger partial charge in [-0.3, -0.25) is 4.79 Å². The van der Waals surface area contributed by atoms with Crippen molar-refractivity contribution in [2.45, 2.75) is 26.7 Å². The van der Waals surface area contributed by atoms with Gasteiger partial charge in [-0.15, -0.1) is 0 Å². The second-order valence-corrected chi connectivity index (χ2v) is 8.67. The highest BCUT2D eigenvalue weighted by molar-refractivity contribution is 9.11. The molecule has 1 fully saturated rings. The van der Waals surface area contributed by atoms with Gasteiger partial charge in [-0.05, 0) is 66.8 Å². The molecule has 120 valence electrons. The number of ketones is 1. The van der Waals surface area contributed by atoms with E-state index in [9.17, 15) is 4.79 Å². The number of hydrogen-bond donors (Lipinski definition) is 0. The van der Waals surface area contributed by atoms with Crippen molar-refractivity contribution in [3.63, 3.8) is 0 Å². The van der Waals surface area contributed by atoms with Gasteiger partial charge in [-0.1, -0.05) is 22.9 Å². The van der Waals surface area contributed by atoms with E-state index < -0.39 is 5.41 Å². The van der Waals surface area contributed by atoms with Crippen LogP contribution in [0.25, 0.3) is 0 Å². The van der Waals surface area contributed by atoms with Crippen LogP contribution < -0.4 is 4.74 Å². The van der Waals surface area contributed by atoms with Gasteiger partial charge in [0.15, 0.2) is 5.78 Å². The Kier molecular flexibility index (Phi) is 4.68. The molecule has 0 radical (unpaired) electrons. The molecule has 2 heterocycles. The number of carbonyl (C=O) groups is 1. The van der Waals surface area contributed by atoms with Crippen molar-refractivity contribution in [2.24, 2.45) is 11.3 Å². The standard InChI is InChI=1S/C17H21Br2NO2/c1-11-3-5-20(6-4-11)9-17(2)10-22-15-13(16(17)21)7-12(18)8-14(15)19/h7-8,11H,3-6,9-10H2,1-2H3. The van der Waals surface area contributed by atoms with E-state index in [0.717, 1.165) is 34.5 Å². The van der Waals surface area contributed by atoms with Gasteiger partial charge in [-0.2, -0.15) is 0 Å². The number of hydrogen-bond acceptors (Lipinski definition) is 3. The van der Waals surface area contributed by atoms with Crippen LogP contribution in [0.2, 0.25) is 0 Å². The van der Waals surface area contributed by atoms with Crippen molar-refractivity contribution in [3.8, 4) is 5.75 Å². The number of carbonyl (C=O) groups excluding carboxylic acids is 1. The fourth-order valence-corrected chi connectivity index (χ4v) is 4.67. The quantitative estimate of drug-likeness (QED) is 0.690. The van der Waals surface area contributed by atoms with E-state index in [2.05, 4.69) is 43.7 Å². The third kappa shape index (κ3) is 3.13.